The number of likely N-dealkylation sites (tertiary alicyclic amines) is 1. The van der Waals surface area contributed by atoms with Gasteiger partial charge in [0.05, 0.1) is 5.69 Å². The number of carbonyl (C=O) groups is 1. The third-order valence-corrected chi connectivity index (χ3v) is 5.34. The number of benzene rings is 1. The van der Waals surface area contributed by atoms with Crippen molar-refractivity contribution in [2.45, 2.75) is 32.2 Å². The highest BCUT2D eigenvalue weighted by Gasteiger charge is 2.21. The van der Waals surface area contributed by atoms with Crippen molar-refractivity contribution in [2.24, 2.45) is 5.92 Å². The van der Waals surface area contributed by atoms with Crippen molar-refractivity contribution < 1.29 is 14.3 Å². The van der Waals surface area contributed by atoms with Crippen molar-refractivity contribution in [1.29, 1.82) is 0 Å². The molecule has 2 heterocycles. The first kappa shape index (κ1) is 17.0. The van der Waals surface area contributed by atoms with E-state index in [0.717, 1.165) is 44.6 Å². The Labute approximate surface area is 145 Å². The van der Waals surface area contributed by atoms with Crippen molar-refractivity contribution in [2.75, 3.05) is 13.1 Å². The lowest BCUT2D eigenvalue weighted by Crippen LogP contribution is -2.35. The summed E-state index contributed by atoms with van der Waals surface area (Å²) in [5, 5.41) is 11.5. The van der Waals surface area contributed by atoms with E-state index in [1.54, 1.807) is 12.1 Å². The predicted octanol–water partition coefficient (Wildman–Crippen LogP) is 4.03. The molecule has 1 saturated heterocycles. The summed E-state index contributed by atoms with van der Waals surface area (Å²) in [5.41, 5.74) is 1.50. The first-order valence-electron chi connectivity index (χ1n) is 8.25. The van der Waals surface area contributed by atoms with E-state index in [1.807, 2.05) is 11.4 Å². The Bertz CT molecular complexity index is 704. The molecule has 1 aliphatic rings. The zero-order chi connectivity index (χ0) is 16.9. The molecule has 24 heavy (non-hydrogen) atoms. The van der Waals surface area contributed by atoms with Crippen LogP contribution < -0.4 is 0 Å². The van der Waals surface area contributed by atoms with Crippen LogP contribution in [0.25, 0.3) is 10.6 Å². The molecular weight excluding hydrogens is 327 g/mol. The Hall–Kier alpha value is -1.79. The average Bonchev–Trinajstić information content (AvgIpc) is 3.02. The van der Waals surface area contributed by atoms with Gasteiger partial charge in [-0.15, -0.1) is 11.3 Å². The number of aromatic nitrogens is 1. The molecule has 1 aliphatic heterocycles. The summed E-state index contributed by atoms with van der Waals surface area (Å²) < 4.78 is 13.9. The van der Waals surface area contributed by atoms with E-state index in [2.05, 4.69) is 9.88 Å². The normalized spacial score (nSPS) is 18.6. The maximum atomic E-state index is 13.9. The fourth-order valence-corrected chi connectivity index (χ4v) is 4.06. The number of nitrogens with zero attached hydrogens (tertiary/aromatic N) is 2. The number of carboxylic acids is 1. The topological polar surface area (TPSA) is 53.4 Å². The van der Waals surface area contributed by atoms with Crippen LogP contribution in [0, 0.1) is 11.7 Å². The van der Waals surface area contributed by atoms with Gasteiger partial charge < -0.3 is 5.11 Å². The molecule has 0 amide bonds. The second-order valence-electron chi connectivity index (χ2n) is 6.30. The van der Waals surface area contributed by atoms with Gasteiger partial charge in [-0.3, -0.25) is 9.69 Å². The smallest absolute Gasteiger partial charge is 0.303 e. The van der Waals surface area contributed by atoms with Gasteiger partial charge in [0.15, 0.2) is 0 Å². The molecule has 0 bridgehead atoms. The number of rotatable bonds is 6. The minimum absolute atomic E-state index is 0.243. The van der Waals surface area contributed by atoms with Gasteiger partial charge in [0.25, 0.3) is 0 Å². The van der Waals surface area contributed by atoms with Crippen LogP contribution in [0.3, 0.4) is 0 Å². The summed E-state index contributed by atoms with van der Waals surface area (Å²) in [5.74, 6) is -0.522. The SMILES string of the molecule is O=C(O)CCC1CCCN(Cc2csc(-c3ccccc3F)n2)C1. The predicted molar refractivity (Wildman–Crippen MR) is 92.4 cm³/mol. The Morgan fingerprint density at radius 1 is 1.42 bits per heavy atom. The van der Waals surface area contributed by atoms with Gasteiger partial charge in [-0.05, 0) is 43.9 Å². The highest BCUT2D eigenvalue weighted by molar-refractivity contribution is 7.13. The minimum Gasteiger partial charge on any atom is -0.481 e. The van der Waals surface area contributed by atoms with Crippen LogP contribution in [0.5, 0.6) is 0 Å². The van der Waals surface area contributed by atoms with E-state index in [0.29, 0.717) is 16.5 Å². The monoisotopic (exact) mass is 348 g/mol. The van der Waals surface area contributed by atoms with Gasteiger partial charge in [-0.25, -0.2) is 9.37 Å². The number of carboxylic acid groups (broad SMARTS) is 1. The van der Waals surface area contributed by atoms with E-state index in [9.17, 15) is 9.18 Å². The fourth-order valence-electron chi connectivity index (χ4n) is 3.23. The molecule has 1 unspecified atom stereocenters. The lowest BCUT2D eigenvalue weighted by Gasteiger charge is -2.32. The molecule has 1 atom stereocenters. The first-order valence-corrected chi connectivity index (χ1v) is 9.13. The molecule has 0 radical (unpaired) electrons. The molecule has 1 N–H and O–H groups in total. The summed E-state index contributed by atoms with van der Waals surface area (Å²) in [7, 11) is 0. The molecular formula is C18H21FN2O2S. The molecule has 0 aliphatic carbocycles. The van der Waals surface area contributed by atoms with Crippen LogP contribution in [0.4, 0.5) is 4.39 Å². The number of aliphatic carboxylic acids is 1. The maximum absolute atomic E-state index is 13.9. The lowest BCUT2D eigenvalue weighted by atomic mass is 9.93. The number of piperidine rings is 1. The Balaban J connectivity index is 1.60. The maximum Gasteiger partial charge on any atom is 0.303 e. The van der Waals surface area contributed by atoms with E-state index in [1.165, 1.54) is 17.4 Å². The second kappa shape index (κ2) is 7.85. The van der Waals surface area contributed by atoms with Crippen LogP contribution >= 0.6 is 11.3 Å². The van der Waals surface area contributed by atoms with Gasteiger partial charge in [0.2, 0.25) is 0 Å². The highest BCUT2D eigenvalue weighted by Crippen LogP contribution is 2.28. The standard InChI is InChI=1S/C18H21FN2O2S/c19-16-6-2-1-5-15(16)18-20-14(12-24-18)11-21-9-3-4-13(10-21)7-8-17(22)23/h1-2,5-6,12-13H,3-4,7-11H2,(H,22,23). The van der Waals surface area contributed by atoms with Crippen LogP contribution in [-0.2, 0) is 11.3 Å². The highest BCUT2D eigenvalue weighted by atomic mass is 32.1. The largest absolute Gasteiger partial charge is 0.481 e. The quantitative estimate of drug-likeness (QED) is 0.856. The van der Waals surface area contributed by atoms with Crippen molar-refractivity contribution >= 4 is 17.3 Å². The van der Waals surface area contributed by atoms with Gasteiger partial charge in [0.1, 0.15) is 10.8 Å². The minimum atomic E-state index is -0.721. The van der Waals surface area contributed by atoms with Gasteiger partial charge >= 0.3 is 5.97 Å². The fraction of sp³-hybridized carbons (Fsp3) is 0.444. The molecule has 1 aromatic carbocycles. The second-order valence-corrected chi connectivity index (χ2v) is 7.16. The molecule has 0 spiro atoms. The zero-order valence-electron chi connectivity index (χ0n) is 13.4. The van der Waals surface area contributed by atoms with Crippen LogP contribution in [0.1, 0.15) is 31.4 Å². The first-order chi connectivity index (χ1) is 11.6. The number of hydrogen-bond acceptors (Lipinski definition) is 4. The number of hydrogen-bond donors (Lipinski definition) is 1. The zero-order valence-corrected chi connectivity index (χ0v) is 14.3. The third-order valence-electron chi connectivity index (χ3n) is 4.41. The van der Waals surface area contributed by atoms with Gasteiger partial charge in [-0.2, -0.15) is 0 Å². The molecule has 3 rings (SSSR count). The Morgan fingerprint density at radius 3 is 3.04 bits per heavy atom. The van der Waals surface area contributed by atoms with E-state index in [4.69, 9.17) is 5.11 Å². The summed E-state index contributed by atoms with van der Waals surface area (Å²) in [4.78, 5) is 17.6. The third kappa shape index (κ3) is 4.39. The Morgan fingerprint density at radius 2 is 2.25 bits per heavy atom. The molecule has 2 aromatic rings. The van der Waals surface area contributed by atoms with Gasteiger partial charge in [0, 0.05) is 30.5 Å². The van der Waals surface area contributed by atoms with Crippen molar-refractivity contribution in [1.82, 2.24) is 9.88 Å². The lowest BCUT2D eigenvalue weighted by molar-refractivity contribution is -0.137. The number of thiazole rings is 1. The summed E-state index contributed by atoms with van der Waals surface area (Å²) in [6, 6.07) is 6.70. The molecule has 6 heteroatoms. The summed E-state index contributed by atoms with van der Waals surface area (Å²) in [6.45, 7) is 2.67. The molecule has 1 fully saturated rings. The van der Waals surface area contributed by atoms with E-state index >= 15 is 0 Å². The average molecular weight is 348 g/mol. The molecule has 128 valence electrons. The summed E-state index contributed by atoms with van der Waals surface area (Å²) >= 11 is 1.46. The van der Waals surface area contributed by atoms with Crippen LogP contribution in [-0.4, -0.2) is 34.0 Å². The van der Waals surface area contributed by atoms with Crippen molar-refractivity contribution in [3.05, 3.63) is 41.2 Å². The van der Waals surface area contributed by atoms with Crippen molar-refractivity contribution in [3.63, 3.8) is 0 Å². The van der Waals surface area contributed by atoms with Gasteiger partial charge in [-0.1, -0.05) is 12.1 Å². The molecule has 0 saturated carbocycles. The van der Waals surface area contributed by atoms with Crippen LogP contribution in [0.15, 0.2) is 29.6 Å². The van der Waals surface area contributed by atoms with E-state index in [-0.39, 0.29) is 12.2 Å². The molecule has 4 nitrogen and oxygen atoms in total. The summed E-state index contributed by atoms with van der Waals surface area (Å²) in [6.07, 6.45) is 3.17. The Kier molecular flexibility index (Phi) is 5.58. The number of halogens is 1. The molecule has 1 aromatic heterocycles. The van der Waals surface area contributed by atoms with E-state index < -0.39 is 5.97 Å². The van der Waals surface area contributed by atoms with Crippen LogP contribution in [0.2, 0.25) is 0 Å². The van der Waals surface area contributed by atoms with Crippen molar-refractivity contribution in [3.8, 4) is 10.6 Å².